The monoisotopic (exact) mass is 710 g/mol. The molecule has 0 spiro atoms. The molecule has 5 aromatic rings. The molecule has 1 aromatic heterocycles. The van der Waals surface area contributed by atoms with Crippen LogP contribution in [0.15, 0.2) is 107 Å². The molecule has 0 unspecified atom stereocenters. The van der Waals surface area contributed by atoms with Gasteiger partial charge in [0.15, 0.2) is 16.6 Å². The van der Waals surface area contributed by atoms with Gasteiger partial charge in [0.05, 0.1) is 39.9 Å². The average Bonchev–Trinajstić information content (AvgIpc) is 3.62. The van der Waals surface area contributed by atoms with Crippen molar-refractivity contribution in [1.29, 1.82) is 0 Å². The lowest BCUT2D eigenvalue weighted by molar-refractivity contribution is -0.114. The molecule has 1 heterocycles. The molecule has 0 saturated heterocycles. The maximum Gasteiger partial charge on any atom is 0.272 e. The second-order valence-corrected chi connectivity index (χ2v) is 12.3. The predicted octanol–water partition coefficient (Wildman–Crippen LogP) is 6.98. The maximum absolute atomic E-state index is 13.6. The number of ether oxygens (including phenoxy) is 4. The zero-order valence-corrected chi connectivity index (χ0v) is 29.3. The van der Waals surface area contributed by atoms with E-state index in [0.717, 1.165) is 21.9 Å². The summed E-state index contributed by atoms with van der Waals surface area (Å²) in [6.45, 7) is 0. The molecule has 0 aliphatic heterocycles. The first-order chi connectivity index (χ1) is 24.3. The van der Waals surface area contributed by atoms with Crippen LogP contribution in [0.1, 0.15) is 15.9 Å². The summed E-state index contributed by atoms with van der Waals surface area (Å²) in [5.41, 5.74) is 3.07. The Bertz CT molecular complexity index is 1950. The summed E-state index contributed by atoms with van der Waals surface area (Å²) in [7, 11) is 6.09. The van der Waals surface area contributed by atoms with E-state index in [1.807, 2.05) is 29.6 Å². The number of carbonyl (C=O) groups excluding carboxylic acids is 3. The molecule has 0 aliphatic carbocycles. The summed E-state index contributed by atoms with van der Waals surface area (Å²) in [4.78, 5) is 44.6. The number of thioether (sulfide) groups is 1. The van der Waals surface area contributed by atoms with Gasteiger partial charge in [0.25, 0.3) is 11.8 Å². The molecule has 0 fully saturated rings. The summed E-state index contributed by atoms with van der Waals surface area (Å²) < 4.78 is 21.5. The van der Waals surface area contributed by atoms with Crippen LogP contribution in [0.5, 0.6) is 23.0 Å². The molecule has 3 N–H and O–H groups in total. The molecule has 256 valence electrons. The lowest BCUT2D eigenvalue weighted by Crippen LogP contribution is -2.30. The highest BCUT2D eigenvalue weighted by atomic mass is 32.2. The van der Waals surface area contributed by atoms with Crippen molar-refractivity contribution in [3.05, 3.63) is 113 Å². The number of carbonyl (C=O) groups is 3. The molecule has 11 nitrogen and oxygen atoms in total. The van der Waals surface area contributed by atoms with E-state index in [-0.39, 0.29) is 17.4 Å². The molecule has 13 heteroatoms. The Morgan fingerprint density at radius 3 is 2.10 bits per heavy atom. The van der Waals surface area contributed by atoms with Crippen LogP contribution in [0.25, 0.3) is 17.3 Å². The summed E-state index contributed by atoms with van der Waals surface area (Å²) in [6, 6.07) is 26.5. The van der Waals surface area contributed by atoms with Crippen LogP contribution in [-0.4, -0.2) is 56.9 Å². The van der Waals surface area contributed by atoms with E-state index >= 15 is 0 Å². The van der Waals surface area contributed by atoms with Crippen molar-refractivity contribution in [3.63, 3.8) is 0 Å². The van der Waals surface area contributed by atoms with E-state index in [9.17, 15) is 14.4 Å². The normalized spacial score (nSPS) is 10.9. The fourth-order valence-electron chi connectivity index (χ4n) is 4.66. The minimum absolute atomic E-state index is 0.0133. The zero-order valence-electron chi connectivity index (χ0n) is 27.6. The third-order valence-electron chi connectivity index (χ3n) is 7.15. The Labute approximate surface area is 297 Å². The molecule has 0 saturated carbocycles. The lowest BCUT2D eigenvalue weighted by Gasteiger charge is -2.15. The van der Waals surface area contributed by atoms with Gasteiger partial charge in [-0.25, -0.2) is 4.98 Å². The van der Waals surface area contributed by atoms with E-state index in [2.05, 4.69) is 20.9 Å². The van der Waals surface area contributed by atoms with E-state index in [1.54, 1.807) is 73.8 Å². The van der Waals surface area contributed by atoms with Gasteiger partial charge in [-0.3, -0.25) is 14.4 Å². The fraction of sp³-hybridized carbons (Fsp3) is 0.135. The predicted molar refractivity (Wildman–Crippen MR) is 197 cm³/mol. The summed E-state index contributed by atoms with van der Waals surface area (Å²) in [5.74, 6) is 0.877. The number of rotatable bonds is 14. The van der Waals surface area contributed by atoms with Gasteiger partial charge in [0, 0.05) is 27.1 Å². The Hall–Kier alpha value is -5.79. The molecule has 0 atom stereocenters. The number of nitrogens with zero attached hydrogens (tertiary/aromatic N) is 1. The van der Waals surface area contributed by atoms with Gasteiger partial charge in [0.2, 0.25) is 11.7 Å². The molecular weight excluding hydrogens is 677 g/mol. The Kier molecular flexibility index (Phi) is 12.1. The zero-order chi connectivity index (χ0) is 35.5. The Morgan fingerprint density at radius 2 is 1.48 bits per heavy atom. The maximum atomic E-state index is 13.6. The second kappa shape index (κ2) is 17.0. The molecule has 4 aromatic carbocycles. The number of nitrogens with one attached hydrogen (secondary N) is 3. The summed E-state index contributed by atoms with van der Waals surface area (Å²) >= 11 is 2.69. The molecule has 3 amide bonds. The topological polar surface area (TPSA) is 137 Å². The van der Waals surface area contributed by atoms with E-state index < -0.39 is 11.8 Å². The third-order valence-corrected chi connectivity index (χ3v) is 8.92. The highest BCUT2D eigenvalue weighted by Gasteiger charge is 2.18. The average molecular weight is 711 g/mol. The van der Waals surface area contributed by atoms with Crippen molar-refractivity contribution in [2.45, 2.75) is 4.90 Å². The summed E-state index contributed by atoms with van der Waals surface area (Å²) in [5, 5.41) is 10.8. The molecule has 0 bridgehead atoms. The van der Waals surface area contributed by atoms with Crippen LogP contribution in [-0.2, 0) is 9.59 Å². The molecular formula is C37H34N4O7S2. The van der Waals surface area contributed by atoms with Crippen LogP contribution in [0.3, 0.4) is 0 Å². The van der Waals surface area contributed by atoms with E-state index in [4.69, 9.17) is 18.9 Å². The number of hydrogen-bond acceptors (Lipinski definition) is 10. The minimum Gasteiger partial charge on any atom is -0.497 e. The van der Waals surface area contributed by atoms with Crippen molar-refractivity contribution in [2.24, 2.45) is 0 Å². The van der Waals surface area contributed by atoms with E-state index in [1.165, 1.54) is 50.5 Å². The van der Waals surface area contributed by atoms with Crippen LogP contribution >= 0.6 is 23.1 Å². The highest BCUT2D eigenvalue weighted by Crippen LogP contribution is 2.38. The standard InChI is InChI=1S/C37H34N4O7S2/c1-45-27-14-10-24(11-15-27)30-21-50-37(40-30)41-33(42)22-49-28-16-12-26(13-17-28)38-36(44)29(39-35(43)25-8-6-5-7-9-25)18-23-19-31(46-2)34(48-4)32(20-23)47-3/h5-21H,22H2,1-4H3,(H,38,44)(H,39,43)(H,40,41,42)/b29-18-. The van der Waals surface area contributed by atoms with Gasteiger partial charge in [0.1, 0.15) is 11.4 Å². The number of methoxy groups -OCH3 is 4. The van der Waals surface area contributed by atoms with Crippen molar-refractivity contribution in [2.75, 3.05) is 44.8 Å². The third kappa shape index (κ3) is 9.21. The molecule has 0 aliphatic rings. The lowest BCUT2D eigenvalue weighted by atomic mass is 10.1. The largest absolute Gasteiger partial charge is 0.497 e. The molecule has 50 heavy (non-hydrogen) atoms. The van der Waals surface area contributed by atoms with Gasteiger partial charge >= 0.3 is 0 Å². The van der Waals surface area contributed by atoms with Crippen molar-refractivity contribution in [1.82, 2.24) is 10.3 Å². The van der Waals surface area contributed by atoms with Gasteiger partial charge in [-0.15, -0.1) is 23.1 Å². The number of amides is 3. The Morgan fingerprint density at radius 1 is 0.800 bits per heavy atom. The first-order valence-corrected chi connectivity index (χ1v) is 17.0. The molecule has 0 radical (unpaired) electrons. The first kappa shape index (κ1) is 35.5. The first-order valence-electron chi connectivity index (χ1n) is 15.1. The van der Waals surface area contributed by atoms with Crippen LogP contribution < -0.4 is 34.9 Å². The fourth-order valence-corrected chi connectivity index (χ4v) is 6.09. The number of benzene rings is 4. The van der Waals surface area contributed by atoms with Crippen molar-refractivity contribution < 1.29 is 33.3 Å². The van der Waals surface area contributed by atoms with Crippen LogP contribution in [0, 0.1) is 0 Å². The Balaban J connectivity index is 1.24. The van der Waals surface area contributed by atoms with Crippen LogP contribution in [0.2, 0.25) is 0 Å². The molecule has 5 rings (SSSR count). The quantitative estimate of drug-likeness (QED) is 0.0823. The number of anilines is 2. The van der Waals surface area contributed by atoms with Crippen LogP contribution in [0.4, 0.5) is 10.8 Å². The van der Waals surface area contributed by atoms with Gasteiger partial charge in [-0.2, -0.15) is 0 Å². The van der Waals surface area contributed by atoms with Gasteiger partial charge < -0.3 is 34.9 Å². The smallest absolute Gasteiger partial charge is 0.272 e. The van der Waals surface area contributed by atoms with Crippen molar-refractivity contribution >= 4 is 57.7 Å². The van der Waals surface area contributed by atoms with E-state index in [0.29, 0.717) is 39.2 Å². The van der Waals surface area contributed by atoms with Gasteiger partial charge in [-0.1, -0.05) is 18.2 Å². The minimum atomic E-state index is -0.555. The van der Waals surface area contributed by atoms with Gasteiger partial charge in [-0.05, 0) is 84.4 Å². The van der Waals surface area contributed by atoms with Crippen molar-refractivity contribution in [3.8, 4) is 34.3 Å². The SMILES string of the molecule is COc1ccc(-c2csc(NC(=O)CSc3ccc(NC(=O)/C(=C/c4cc(OC)c(OC)c(OC)c4)NC(=O)c4ccccc4)cc3)n2)cc1. The summed E-state index contributed by atoms with van der Waals surface area (Å²) in [6.07, 6.45) is 1.52. The number of hydrogen-bond donors (Lipinski definition) is 3. The highest BCUT2D eigenvalue weighted by molar-refractivity contribution is 8.00. The number of aromatic nitrogens is 1. The second-order valence-electron chi connectivity index (χ2n) is 10.4. The number of thiazole rings is 1.